The maximum Gasteiger partial charge on any atom is 0.188 e. The van der Waals surface area contributed by atoms with Gasteiger partial charge in [0.05, 0.1) is 6.61 Å². The number of rotatable bonds is 3. The molecular formula is C4H6FO. The van der Waals surface area contributed by atoms with Crippen LogP contribution in [-0.2, 0) is 4.74 Å². The van der Waals surface area contributed by atoms with E-state index in [4.69, 9.17) is 6.58 Å². The Morgan fingerprint density at radius 3 is 2.67 bits per heavy atom. The summed E-state index contributed by atoms with van der Waals surface area (Å²) in [5.41, 5.74) is 0. The van der Waals surface area contributed by atoms with E-state index in [9.17, 15) is 4.39 Å². The highest BCUT2D eigenvalue weighted by Crippen LogP contribution is 1.71. The molecule has 0 aromatic carbocycles. The molecule has 0 unspecified atom stereocenters. The standard InChI is InChI=1S/C4H6FO/c1-2-3-6-4-5/h1-2H,3-4H2. The van der Waals surface area contributed by atoms with Crippen molar-refractivity contribution in [3.63, 3.8) is 0 Å². The van der Waals surface area contributed by atoms with Gasteiger partial charge in [-0.05, 0) is 0 Å². The van der Waals surface area contributed by atoms with Gasteiger partial charge in [-0.2, -0.15) is 0 Å². The molecule has 0 aliphatic carbocycles. The summed E-state index contributed by atoms with van der Waals surface area (Å²) < 4.78 is 15.0. The average molecular weight is 89.1 g/mol. The van der Waals surface area contributed by atoms with Crippen molar-refractivity contribution >= 4 is 0 Å². The molecule has 1 nitrogen and oxygen atoms in total. The van der Waals surface area contributed by atoms with Gasteiger partial charge in [0, 0.05) is 0 Å². The lowest BCUT2D eigenvalue weighted by atomic mass is 10.7. The molecule has 0 bridgehead atoms. The maximum atomic E-state index is 10.9. The molecule has 0 saturated carbocycles. The van der Waals surface area contributed by atoms with Gasteiger partial charge in [0.1, 0.15) is 0 Å². The van der Waals surface area contributed by atoms with Crippen molar-refractivity contribution < 1.29 is 9.13 Å². The molecule has 0 aromatic heterocycles. The number of halogens is 1. The molecule has 0 saturated heterocycles. The van der Waals surface area contributed by atoms with E-state index < -0.39 is 6.86 Å². The largest absolute Gasteiger partial charge is 0.346 e. The van der Waals surface area contributed by atoms with Crippen molar-refractivity contribution in [3.8, 4) is 0 Å². The predicted octanol–water partition coefficient (Wildman–Crippen LogP) is 0.919. The van der Waals surface area contributed by atoms with Gasteiger partial charge in [-0.3, -0.25) is 0 Å². The Hall–Kier alpha value is -0.370. The van der Waals surface area contributed by atoms with Gasteiger partial charge in [-0.15, -0.1) is 0 Å². The third-order valence-corrected chi connectivity index (χ3v) is 0.291. The summed E-state index contributed by atoms with van der Waals surface area (Å²) in [5, 5.41) is 0. The minimum absolute atomic E-state index is 0.191. The van der Waals surface area contributed by atoms with Gasteiger partial charge in [0.15, 0.2) is 6.86 Å². The zero-order valence-electron chi connectivity index (χ0n) is 3.36. The third kappa shape index (κ3) is 3.63. The van der Waals surface area contributed by atoms with Crippen LogP contribution in [0.3, 0.4) is 0 Å². The number of ether oxygens (including phenoxy) is 1. The smallest absolute Gasteiger partial charge is 0.188 e. The van der Waals surface area contributed by atoms with Crippen LogP contribution in [0.15, 0.2) is 6.08 Å². The van der Waals surface area contributed by atoms with Crippen molar-refractivity contribution in [1.29, 1.82) is 0 Å². The average Bonchev–Trinajstić information content (AvgIpc) is 1.61. The van der Waals surface area contributed by atoms with Crippen LogP contribution >= 0.6 is 0 Å². The number of hydrogen-bond donors (Lipinski definition) is 0. The molecule has 1 radical (unpaired) electrons. The van der Waals surface area contributed by atoms with E-state index >= 15 is 0 Å². The lowest BCUT2D eigenvalue weighted by Gasteiger charge is -1.85. The van der Waals surface area contributed by atoms with E-state index in [1.807, 2.05) is 0 Å². The van der Waals surface area contributed by atoms with Crippen LogP contribution in [-0.4, -0.2) is 13.5 Å². The summed E-state index contributed by atoms with van der Waals surface area (Å²) in [6.07, 6.45) is 1.25. The molecule has 0 fully saturated rings. The lowest BCUT2D eigenvalue weighted by molar-refractivity contribution is 0.0778. The van der Waals surface area contributed by atoms with Gasteiger partial charge >= 0.3 is 0 Å². The first-order chi connectivity index (χ1) is 2.91. The minimum atomic E-state index is -0.756. The molecule has 0 aliphatic rings. The van der Waals surface area contributed by atoms with E-state index in [1.54, 1.807) is 0 Å². The fourth-order valence-electron chi connectivity index (χ4n) is 0.113. The van der Waals surface area contributed by atoms with Crippen LogP contribution < -0.4 is 0 Å². The minimum Gasteiger partial charge on any atom is -0.346 e. The topological polar surface area (TPSA) is 9.23 Å². The van der Waals surface area contributed by atoms with E-state index in [0.717, 1.165) is 0 Å². The van der Waals surface area contributed by atoms with E-state index in [0.29, 0.717) is 0 Å². The molecule has 35 valence electrons. The normalized spacial score (nSPS) is 8.17. The summed E-state index contributed by atoms with van der Waals surface area (Å²) in [6, 6.07) is 0. The van der Waals surface area contributed by atoms with Gasteiger partial charge in [0.25, 0.3) is 0 Å². The molecule has 0 aromatic rings. The summed E-state index contributed by atoms with van der Waals surface area (Å²) in [6.45, 7) is 4.23. The Morgan fingerprint density at radius 1 is 1.83 bits per heavy atom. The summed E-state index contributed by atoms with van der Waals surface area (Å²) in [4.78, 5) is 0. The molecule has 0 amide bonds. The second-order valence-corrected chi connectivity index (χ2v) is 0.716. The SMILES string of the molecule is [CH]=CCOCF. The van der Waals surface area contributed by atoms with Crippen LogP contribution in [0, 0.1) is 6.58 Å². The predicted molar refractivity (Wildman–Crippen MR) is 20.8 cm³/mol. The molecule has 2 heteroatoms. The van der Waals surface area contributed by atoms with Crippen molar-refractivity contribution in [2.75, 3.05) is 13.5 Å². The Kier molecular flexibility index (Phi) is 4.34. The van der Waals surface area contributed by atoms with Gasteiger partial charge in [0.2, 0.25) is 0 Å². The molecule has 0 atom stereocenters. The molecule has 6 heavy (non-hydrogen) atoms. The molecular weight excluding hydrogens is 83.0 g/mol. The quantitative estimate of drug-likeness (QED) is 0.467. The zero-order chi connectivity index (χ0) is 4.83. The Bertz CT molecular complexity index is 36.5. The van der Waals surface area contributed by atoms with Crippen molar-refractivity contribution in [1.82, 2.24) is 0 Å². The molecule has 0 heterocycles. The van der Waals surface area contributed by atoms with E-state index in [2.05, 4.69) is 4.74 Å². The second-order valence-electron chi connectivity index (χ2n) is 0.716. The molecule has 0 N–H and O–H groups in total. The number of alkyl halides is 1. The van der Waals surface area contributed by atoms with Crippen LogP contribution in [0.4, 0.5) is 4.39 Å². The molecule has 0 rings (SSSR count). The molecule has 0 aliphatic heterocycles. The first kappa shape index (κ1) is 5.63. The second kappa shape index (κ2) is 4.63. The van der Waals surface area contributed by atoms with Gasteiger partial charge < -0.3 is 4.74 Å². The van der Waals surface area contributed by atoms with Crippen molar-refractivity contribution in [2.24, 2.45) is 0 Å². The summed E-state index contributed by atoms with van der Waals surface area (Å²) in [7, 11) is 0. The van der Waals surface area contributed by atoms with Crippen molar-refractivity contribution in [3.05, 3.63) is 12.7 Å². The Labute approximate surface area is 36.4 Å². The van der Waals surface area contributed by atoms with Gasteiger partial charge in [-0.1, -0.05) is 12.7 Å². The first-order valence-electron chi connectivity index (χ1n) is 1.59. The highest BCUT2D eigenvalue weighted by molar-refractivity contribution is 4.57. The summed E-state index contributed by atoms with van der Waals surface area (Å²) >= 11 is 0. The Morgan fingerprint density at radius 2 is 2.50 bits per heavy atom. The van der Waals surface area contributed by atoms with E-state index in [-0.39, 0.29) is 6.61 Å². The number of hydrogen-bond acceptors (Lipinski definition) is 1. The van der Waals surface area contributed by atoms with Crippen LogP contribution in [0.5, 0.6) is 0 Å². The Balaban J connectivity index is 2.49. The highest BCUT2D eigenvalue weighted by Gasteiger charge is 1.71. The third-order valence-electron chi connectivity index (χ3n) is 0.291. The fraction of sp³-hybridized carbons (Fsp3) is 0.500. The van der Waals surface area contributed by atoms with Crippen molar-refractivity contribution in [2.45, 2.75) is 0 Å². The monoisotopic (exact) mass is 89.0 g/mol. The van der Waals surface area contributed by atoms with E-state index in [1.165, 1.54) is 6.08 Å². The van der Waals surface area contributed by atoms with Crippen LogP contribution in [0.25, 0.3) is 0 Å². The molecule has 0 spiro atoms. The zero-order valence-corrected chi connectivity index (χ0v) is 3.36. The van der Waals surface area contributed by atoms with Gasteiger partial charge in [-0.25, -0.2) is 4.39 Å². The highest BCUT2D eigenvalue weighted by atomic mass is 19.1. The van der Waals surface area contributed by atoms with Crippen LogP contribution in [0.1, 0.15) is 0 Å². The summed E-state index contributed by atoms with van der Waals surface area (Å²) in [5.74, 6) is 0. The van der Waals surface area contributed by atoms with Crippen LogP contribution in [0.2, 0.25) is 0 Å². The first-order valence-corrected chi connectivity index (χ1v) is 1.59. The maximum absolute atomic E-state index is 10.9. The lowest BCUT2D eigenvalue weighted by Crippen LogP contribution is -1.84. The fourth-order valence-corrected chi connectivity index (χ4v) is 0.113.